The summed E-state index contributed by atoms with van der Waals surface area (Å²) in [5, 5.41) is 12.0. The van der Waals surface area contributed by atoms with Gasteiger partial charge in [-0.1, -0.05) is 0 Å². The van der Waals surface area contributed by atoms with Crippen molar-refractivity contribution in [2.24, 2.45) is 0 Å². The molecule has 14 heavy (non-hydrogen) atoms. The quantitative estimate of drug-likeness (QED) is 0.384. The molecule has 0 atom stereocenters. The zero-order valence-electron chi connectivity index (χ0n) is 8.91. The van der Waals surface area contributed by atoms with Gasteiger partial charge in [-0.25, -0.2) is 0 Å². The van der Waals surface area contributed by atoms with Gasteiger partial charge in [0.25, 0.3) is 0 Å². The van der Waals surface area contributed by atoms with Crippen molar-refractivity contribution in [3.05, 3.63) is 5.21 Å². The second-order valence-corrected chi connectivity index (χ2v) is 4.99. The number of nitrogens with one attached hydrogen (secondary N) is 1. The van der Waals surface area contributed by atoms with Gasteiger partial charge in [0.05, 0.1) is 23.9 Å². The molecule has 0 aromatic rings. The number of rotatable bonds is 0. The van der Waals surface area contributed by atoms with E-state index in [4.69, 9.17) is 0 Å². The molecule has 1 heterocycles. The van der Waals surface area contributed by atoms with E-state index in [1.54, 1.807) is 0 Å². The average molecular weight is 270 g/mol. The fourth-order valence-corrected chi connectivity index (χ4v) is 2.12. The van der Waals surface area contributed by atoms with Crippen molar-refractivity contribution in [2.45, 2.75) is 51.6 Å². The second kappa shape index (κ2) is 4.95. The van der Waals surface area contributed by atoms with E-state index < -0.39 is 11.1 Å². The van der Waals surface area contributed by atoms with Gasteiger partial charge in [0.15, 0.2) is 0 Å². The van der Waals surface area contributed by atoms with Crippen molar-refractivity contribution >= 4 is 5.78 Å². The summed E-state index contributed by atoms with van der Waals surface area (Å²) >= 11 is 0. The zero-order chi connectivity index (χ0) is 9.57. The fraction of sp³-hybridized carbons (Fsp3) is 0.889. The molecule has 0 bridgehead atoms. The van der Waals surface area contributed by atoms with Gasteiger partial charge in [-0.15, -0.1) is 0 Å². The summed E-state index contributed by atoms with van der Waals surface area (Å²) in [5.41, 5.74) is -0.891. The number of hydrogen-bond acceptors (Lipinski definition) is 2. The first kappa shape index (κ1) is 16.8. The van der Waals surface area contributed by atoms with Crippen LogP contribution >= 0.6 is 0 Å². The number of hydrogen-bond donors (Lipinski definition) is 1. The number of quaternary nitrogens is 1. The summed E-state index contributed by atoms with van der Waals surface area (Å²) in [6.45, 7) is 7.42. The van der Waals surface area contributed by atoms with Crippen LogP contribution in [0.4, 0.5) is 0 Å². The minimum Gasteiger partial charge on any atom is -1.00 e. The number of halogens is 1. The Bertz CT molecular complexity index is 199. The number of carbonyl (C=O) groups excluding carboxylic acids is 1. The molecule has 3 nitrogen and oxygen atoms in total. The molecule has 1 N–H and O–H groups in total. The van der Waals surface area contributed by atoms with E-state index >= 15 is 0 Å². The van der Waals surface area contributed by atoms with Crippen molar-refractivity contribution in [3.63, 3.8) is 0 Å². The number of carbonyl (C=O) groups is 1. The van der Waals surface area contributed by atoms with Crippen LogP contribution in [0.25, 0.3) is 0 Å². The Hall–Kier alpha value is 0.399. The summed E-state index contributed by atoms with van der Waals surface area (Å²) in [7, 11) is 0. The molecule has 0 amide bonds. The van der Waals surface area contributed by atoms with Crippen LogP contribution in [0, 0.1) is 5.21 Å². The SMILES string of the molecule is CC1(C)CC(=O)CC(C)(C)[NH+]1[O-].[Cl-].[Cu+]. The Kier molecular flexibility index (Phi) is 5.95. The van der Waals surface area contributed by atoms with Gasteiger partial charge < -0.3 is 22.7 Å². The smallest absolute Gasteiger partial charge is 1.00 e. The van der Waals surface area contributed by atoms with Gasteiger partial charge in [-0.3, -0.25) is 4.79 Å². The van der Waals surface area contributed by atoms with E-state index in [-0.39, 0.29) is 40.3 Å². The van der Waals surface area contributed by atoms with Crippen LogP contribution in [0.3, 0.4) is 0 Å². The van der Waals surface area contributed by atoms with Crippen LogP contribution in [0.5, 0.6) is 0 Å². The summed E-state index contributed by atoms with van der Waals surface area (Å²) in [4.78, 5) is 11.3. The Morgan fingerprint density at radius 2 is 1.43 bits per heavy atom. The molecule has 0 aromatic carbocycles. The van der Waals surface area contributed by atoms with Crippen LogP contribution in [-0.4, -0.2) is 16.9 Å². The molecule has 1 rings (SSSR count). The van der Waals surface area contributed by atoms with Gasteiger partial charge in [-0.05, 0) is 27.7 Å². The maximum absolute atomic E-state index is 11.8. The number of hydroxylamine groups is 2. The van der Waals surface area contributed by atoms with E-state index in [1.807, 2.05) is 27.7 Å². The standard InChI is InChI=1S/C9H17NO2.ClH.Cu/c1-8(2)5-7(11)6-9(3,4)10(8)12;;/h10H,5-6H2,1-4H3;1H;/q;;+1/p-1. The van der Waals surface area contributed by atoms with Crippen molar-refractivity contribution in [1.82, 2.24) is 0 Å². The maximum Gasteiger partial charge on any atom is 1.00 e. The average Bonchev–Trinajstić information content (AvgIpc) is 1.80. The third-order valence-electron chi connectivity index (χ3n) is 2.51. The normalized spacial score (nSPS) is 24.8. The van der Waals surface area contributed by atoms with Crippen LogP contribution < -0.4 is 17.5 Å². The molecule has 1 saturated heterocycles. The number of piperidine rings is 1. The summed E-state index contributed by atoms with van der Waals surface area (Å²) < 4.78 is 0. The molecule has 1 fully saturated rings. The van der Waals surface area contributed by atoms with Crippen molar-refractivity contribution < 1.29 is 39.3 Å². The summed E-state index contributed by atoms with van der Waals surface area (Å²) in [6, 6.07) is 0. The van der Waals surface area contributed by atoms with E-state index in [2.05, 4.69) is 0 Å². The molecule has 1 aliphatic heterocycles. The van der Waals surface area contributed by atoms with E-state index in [0.717, 1.165) is 0 Å². The molecule has 0 radical (unpaired) electrons. The summed E-state index contributed by atoms with van der Waals surface area (Å²) in [5.74, 6) is 0.213. The predicted octanol–water partition coefficient (Wildman–Crippen LogP) is -2.71. The molecular formula is C9H17ClCuNO2. The van der Waals surface area contributed by atoms with Crippen LogP contribution in [0.1, 0.15) is 40.5 Å². The molecule has 0 spiro atoms. The van der Waals surface area contributed by atoms with Gasteiger partial charge in [0.1, 0.15) is 5.78 Å². The largest absolute Gasteiger partial charge is 1.00 e. The molecule has 0 aromatic heterocycles. The van der Waals surface area contributed by atoms with E-state index in [9.17, 15) is 10.0 Å². The molecule has 1 aliphatic rings. The number of ketones is 1. The second-order valence-electron chi connectivity index (χ2n) is 4.99. The first-order valence-electron chi connectivity index (χ1n) is 4.32. The van der Waals surface area contributed by atoms with Crippen LogP contribution in [0.2, 0.25) is 0 Å². The molecular weight excluding hydrogens is 253 g/mol. The third-order valence-corrected chi connectivity index (χ3v) is 2.51. The fourth-order valence-electron chi connectivity index (χ4n) is 2.12. The monoisotopic (exact) mass is 269 g/mol. The Balaban J connectivity index is 0. The maximum atomic E-state index is 11.8. The molecule has 0 aliphatic carbocycles. The van der Waals surface area contributed by atoms with Gasteiger partial charge in [0, 0.05) is 0 Å². The Morgan fingerprint density at radius 3 is 1.71 bits per heavy atom. The molecule has 88 valence electrons. The predicted molar refractivity (Wildman–Crippen MR) is 46.7 cm³/mol. The van der Waals surface area contributed by atoms with Crippen LogP contribution in [0.15, 0.2) is 0 Å². The molecule has 5 heteroatoms. The minimum atomic E-state index is -0.446. The van der Waals surface area contributed by atoms with E-state index in [0.29, 0.717) is 12.8 Å². The Labute approximate surface area is 102 Å². The van der Waals surface area contributed by atoms with Crippen molar-refractivity contribution in [2.75, 3.05) is 0 Å². The zero-order valence-corrected chi connectivity index (χ0v) is 10.6. The van der Waals surface area contributed by atoms with Gasteiger partial charge in [-0.2, -0.15) is 0 Å². The topological polar surface area (TPSA) is 44.6 Å². The number of Topliss-reactive ketones (excluding diaryl/α,β-unsaturated/α-hetero) is 1. The first-order chi connectivity index (χ1) is 5.26. The van der Waals surface area contributed by atoms with Gasteiger partial charge in [0.2, 0.25) is 0 Å². The third kappa shape index (κ3) is 3.21. The van der Waals surface area contributed by atoms with E-state index in [1.165, 1.54) is 0 Å². The van der Waals surface area contributed by atoms with Crippen molar-refractivity contribution in [3.8, 4) is 0 Å². The Morgan fingerprint density at radius 1 is 1.14 bits per heavy atom. The van der Waals surface area contributed by atoms with Gasteiger partial charge >= 0.3 is 17.1 Å². The molecule has 0 unspecified atom stereocenters. The van der Waals surface area contributed by atoms with Crippen LogP contribution in [-0.2, 0) is 21.9 Å². The minimum absolute atomic E-state index is 0. The summed E-state index contributed by atoms with van der Waals surface area (Å²) in [6.07, 6.45) is 0.824. The van der Waals surface area contributed by atoms with Crippen molar-refractivity contribution in [1.29, 1.82) is 0 Å². The first-order valence-corrected chi connectivity index (χ1v) is 4.32. The molecule has 0 saturated carbocycles.